The number of hydrogen-bond donors (Lipinski definition) is 0. The van der Waals surface area contributed by atoms with Gasteiger partial charge >= 0.3 is 0 Å². The predicted octanol–water partition coefficient (Wildman–Crippen LogP) is 4.55. The largest absolute Gasteiger partial charge is 0.368 e. The zero-order valence-electron chi connectivity index (χ0n) is 16.1. The molecule has 0 bridgehead atoms. The third-order valence-corrected chi connectivity index (χ3v) is 5.11. The molecule has 1 amide bonds. The Hall–Kier alpha value is -2.37. The van der Waals surface area contributed by atoms with Crippen LogP contribution in [0.5, 0.6) is 0 Å². The van der Waals surface area contributed by atoms with E-state index in [4.69, 9.17) is 0 Å². The van der Waals surface area contributed by atoms with Crippen molar-refractivity contribution in [3.8, 4) is 0 Å². The number of rotatable bonds is 11. The Labute approximate surface area is 162 Å². The van der Waals surface area contributed by atoms with E-state index in [0.717, 1.165) is 51.1 Å². The number of nitrogens with zero attached hydrogens (tertiary/aromatic N) is 3. The number of nitro groups is 1. The standard InChI is InChI=1S/C21H31N3O3/c1-2-3-4-5-6-7-8-9-10-21(25)23-17-15-22(16-18-23)19-11-13-20(14-12-19)24(26)27/h2,11-14H,1,3-10,15-18H2. The van der Waals surface area contributed by atoms with Crippen LogP contribution in [-0.2, 0) is 4.79 Å². The number of nitro benzene ring substituents is 1. The van der Waals surface area contributed by atoms with Crippen molar-refractivity contribution in [1.29, 1.82) is 0 Å². The second-order valence-corrected chi connectivity index (χ2v) is 7.09. The number of non-ortho nitro benzene ring substituents is 1. The van der Waals surface area contributed by atoms with Crippen molar-refractivity contribution < 1.29 is 9.72 Å². The van der Waals surface area contributed by atoms with Gasteiger partial charge in [-0.05, 0) is 31.4 Å². The second-order valence-electron chi connectivity index (χ2n) is 7.09. The predicted molar refractivity (Wildman–Crippen MR) is 109 cm³/mol. The summed E-state index contributed by atoms with van der Waals surface area (Å²) < 4.78 is 0. The minimum atomic E-state index is -0.387. The first-order chi connectivity index (χ1) is 13.1. The van der Waals surface area contributed by atoms with Gasteiger partial charge in [0.15, 0.2) is 0 Å². The normalized spacial score (nSPS) is 14.2. The Balaban J connectivity index is 1.62. The van der Waals surface area contributed by atoms with Crippen LogP contribution in [0, 0.1) is 10.1 Å². The van der Waals surface area contributed by atoms with Crippen LogP contribution in [-0.4, -0.2) is 41.9 Å². The van der Waals surface area contributed by atoms with Gasteiger partial charge in [-0.3, -0.25) is 14.9 Å². The zero-order valence-corrected chi connectivity index (χ0v) is 16.1. The fraction of sp³-hybridized carbons (Fsp3) is 0.571. The minimum Gasteiger partial charge on any atom is -0.368 e. The Morgan fingerprint density at radius 1 is 1.00 bits per heavy atom. The number of unbranched alkanes of at least 4 members (excludes halogenated alkanes) is 6. The Bertz CT molecular complexity index is 608. The van der Waals surface area contributed by atoms with E-state index >= 15 is 0 Å². The molecule has 148 valence electrons. The van der Waals surface area contributed by atoms with Crippen molar-refractivity contribution >= 4 is 17.3 Å². The van der Waals surface area contributed by atoms with Crippen molar-refractivity contribution in [3.63, 3.8) is 0 Å². The quantitative estimate of drug-likeness (QED) is 0.247. The molecule has 0 atom stereocenters. The van der Waals surface area contributed by atoms with E-state index in [9.17, 15) is 14.9 Å². The summed E-state index contributed by atoms with van der Waals surface area (Å²) in [4.78, 5) is 26.8. The highest BCUT2D eigenvalue weighted by molar-refractivity contribution is 5.76. The lowest BCUT2D eigenvalue weighted by Gasteiger charge is -2.36. The highest BCUT2D eigenvalue weighted by Gasteiger charge is 2.21. The monoisotopic (exact) mass is 373 g/mol. The lowest BCUT2D eigenvalue weighted by Crippen LogP contribution is -2.48. The molecule has 2 rings (SSSR count). The first-order valence-electron chi connectivity index (χ1n) is 10.00. The average Bonchev–Trinajstić information content (AvgIpc) is 2.70. The minimum absolute atomic E-state index is 0.105. The molecule has 0 aromatic heterocycles. The molecule has 1 aromatic carbocycles. The van der Waals surface area contributed by atoms with E-state index in [1.54, 1.807) is 12.1 Å². The number of hydrogen-bond acceptors (Lipinski definition) is 4. The molecule has 0 aliphatic carbocycles. The number of anilines is 1. The van der Waals surface area contributed by atoms with Crippen LogP contribution >= 0.6 is 0 Å². The number of carbonyl (C=O) groups is 1. The van der Waals surface area contributed by atoms with Crippen molar-refractivity contribution in [3.05, 3.63) is 47.0 Å². The molecular weight excluding hydrogens is 342 g/mol. The van der Waals surface area contributed by atoms with E-state index < -0.39 is 0 Å². The maximum atomic E-state index is 12.4. The van der Waals surface area contributed by atoms with Gasteiger partial charge < -0.3 is 9.80 Å². The number of piperazine rings is 1. The van der Waals surface area contributed by atoms with Crippen molar-refractivity contribution in [2.24, 2.45) is 0 Å². The number of allylic oxidation sites excluding steroid dienone is 1. The molecular formula is C21H31N3O3. The lowest BCUT2D eigenvalue weighted by atomic mass is 10.1. The molecule has 6 heteroatoms. The van der Waals surface area contributed by atoms with Crippen LogP contribution in [0.3, 0.4) is 0 Å². The van der Waals surface area contributed by atoms with Gasteiger partial charge in [-0.15, -0.1) is 6.58 Å². The summed E-state index contributed by atoms with van der Waals surface area (Å²) in [6.07, 6.45) is 10.8. The molecule has 1 heterocycles. The van der Waals surface area contributed by atoms with Crippen molar-refractivity contribution in [2.75, 3.05) is 31.1 Å². The summed E-state index contributed by atoms with van der Waals surface area (Å²) in [6, 6.07) is 6.63. The van der Waals surface area contributed by atoms with E-state index in [2.05, 4.69) is 11.5 Å². The molecule has 27 heavy (non-hydrogen) atoms. The van der Waals surface area contributed by atoms with E-state index in [-0.39, 0.29) is 16.5 Å². The third-order valence-electron chi connectivity index (χ3n) is 5.11. The molecule has 1 aliphatic rings. The summed E-state index contributed by atoms with van der Waals surface area (Å²) in [7, 11) is 0. The van der Waals surface area contributed by atoms with Crippen LogP contribution in [0.2, 0.25) is 0 Å². The molecule has 1 saturated heterocycles. The van der Waals surface area contributed by atoms with Gasteiger partial charge in [0.1, 0.15) is 0 Å². The van der Waals surface area contributed by atoms with Gasteiger partial charge in [0.2, 0.25) is 5.91 Å². The molecule has 0 N–H and O–H groups in total. The van der Waals surface area contributed by atoms with E-state index in [0.29, 0.717) is 6.42 Å². The average molecular weight is 373 g/mol. The molecule has 1 fully saturated rings. The summed E-state index contributed by atoms with van der Waals surface area (Å²) in [5.41, 5.74) is 1.08. The summed E-state index contributed by atoms with van der Waals surface area (Å²) >= 11 is 0. The molecule has 1 aliphatic heterocycles. The molecule has 1 aromatic rings. The van der Waals surface area contributed by atoms with Crippen LogP contribution in [0.1, 0.15) is 51.4 Å². The molecule has 0 radical (unpaired) electrons. The maximum Gasteiger partial charge on any atom is 0.269 e. The van der Waals surface area contributed by atoms with Gasteiger partial charge in [0.05, 0.1) is 4.92 Å². The Morgan fingerprint density at radius 3 is 2.19 bits per heavy atom. The van der Waals surface area contributed by atoms with E-state index in [1.807, 2.05) is 11.0 Å². The smallest absolute Gasteiger partial charge is 0.269 e. The highest BCUT2D eigenvalue weighted by atomic mass is 16.6. The van der Waals surface area contributed by atoms with Gasteiger partial charge in [0.25, 0.3) is 5.69 Å². The number of amides is 1. The van der Waals surface area contributed by atoms with E-state index in [1.165, 1.54) is 37.8 Å². The van der Waals surface area contributed by atoms with Crippen molar-refractivity contribution in [1.82, 2.24) is 4.90 Å². The highest BCUT2D eigenvalue weighted by Crippen LogP contribution is 2.21. The first kappa shape index (κ1) is 20.9. The van der Waals surface area contributed by atoms with Gasteiger partial charge in [-0.25, -0.2) is 0 Å². The molecule has 0 saturated carbocycles. The van der Waals surface area contributed by atoms with Gasteiger partial charge in [0, 0.05) is 50.4 Å². The summed E-state index contributed by atoms with van der Waals surface area (Å²) in [5.74, 6) is 0.255. The van der Waals surface area contributed by atoms with Crippen LogP contribution in [0.15, 0.2) is 36.9 Å². The van der Waals surface area contributed by atoms with Crippen LogP contribution in [0.4, 0.5) is 11.4 Å². The first-order valence-corrected chi connectivity index (χ1v) is 10.00. The van der Waals surface area contributed by atoms with Crippen molar-refractivity contribution in [2.45, 2.75) is 51.4 Å². The van der Waals surface area contributed by atoms with Crippen LogP contribution in [0.25, 0.3) is 0 Å². The Kier molecular flexibility index (Phi) is 8.81. The SMILES string of the molecule is C=CCCCCCCCCC(=O)N1CCN(c2ccc([N+](=O)[O-])cc2)CC1. The molecule has 0 unspecified atom stereocenters. The van der Waals surface area contributed by atoms with Crippen LogP contribution < -0.4 is 4.90 Å². The lowest BCUT2D eigenvalue weighted by molar-refractivity contribution is -0.384. The zero-order chi connectivity index (χ0) is 19.5. The molecule has 0 spiro atoms. The Morgan fingerprint density at radius 2 is 1.59 bits per heavy atom. The number of benzene rings is 1. The summed E-state index contributed by atoms with van der Waals surface area (Å²) in [6.45, 7) is 6.71. The molecule has 6 nitrogen and oxygen atoms in total. The second kappa shape index (κ2) is 11.4. The number of carbonyl (C=O) groups excluding carboxylic acids is 1. The summed E-state index contributed by atoms with van der Waals surface area (Å²) in [5, 5.41) is 10.7. The van der Waals surface area contributed by atoms with Gasteiger partial charge in [-0.1, -0.05) is 31.8 Å². The fourth-order valence-electron chi connectivity index (χ4n) is 3.43. The fourth-order valence-corrected chi connectivity index (χ4v) is 3.43. The third kappa shape index (κ3) is 7.04. The van der Waals surface area contributed by atoms with Gasteiger partial charge in [-0.2, -0.15) is 0 Å². The topological polar surface area (TPSA) is 66.7 Å². The maximum absolute atomic E-state index is 12.4.